The minimum absolute atomic E-state index is 0.360. The van der Waals surface area contributed by atoms with E-state index in [9.17, 15) is 0 Å². The number of hydrogen-bond donors (Lipinski definition) is 2. The van der Waals surface area contributed by atoms with E-state index in [1.54, 1.807) is 0 Å². The molecule has 0 aromatic heterocycles. The summed E-state index contributed by atoms with van der Waals surface area (Å²) in [6.45, 7) is 3.31. The maximum atomic E-state index is 3.65. The van der Waals surface area contributed by atoms with E-state index >= 15 is 0 Å². The highest BCUT2D eigenvalue weighted by molar-refractivity contribution is 7.99. The van der Waals surface area contributed by atoms with Crippen molar-refractivity contribution >= 4 is 23.0 Å². The summed E-state index contributed by atoms with van der Waals surface area (Å²) in [4.78, 5) is 1.35. The van der Waals surface area contributed by atoms with Crippen LogP contribution < -0.4 is 10.6 Å². The zero-order valence-electron chi connectivity index (χ0n) is 12.9. The summed E-state index contributed by atoms with van der Waals surface area (Å²) in [5, 5.41) is 6.94. The molecule has 0 spiro atoms. The van der Waals surface area contributed by atoms with Crippen molar-refractivity contribution in [3.05, 3.63) is 42.0 Å². The van der Waals surface area contributed by atoms with Gasteiger partial charge in [-0.05, 0) is 55.3 Å². The molecule has 0 heterocycles. The van der Waals surface area contributed by atoms with Crippen LogP contribution in [0, 0.1) is 5.92 Å². The number of benzene rings is 1. The Morgan fingerprint density at radius 1 is 1.29 bits per heavy atom. The lowest BCUT2D eigenvalue weighted by atomic mass is 10.0. The summed E-state index contributed by atoms with van der Waals surface area (Å²) in [5.74, 6) is 2.00. The number of anilines is 1. The molecule has 1 aromatic rings. The fourth-order valence-corrected chi connectivity index (χ4v) is 3.32. The van der Waals surface area contributed by atoms with Crippen LogP contribution in [0.3, 0.4) is 0 Å². The molecule has 0 aliphatic heterocycles. The Kier molecular flexibility index (Phi) is 4.71. The Bertz CT molecular complexity index is 558. The van der Waals surface area contributed by atoms with Gasteiger partial charge in [0.05, 0.1) is 0 Å². The number of allylic oxidation sites excluding steroid dienone is 2. The first-order valence-corrected chi connectivity index (χ1v) is 8.87. The van der Waals surface area contributed by atoms with Gasteiger partial charge in [-0.3, -0.25) is 0 Å². The van der Waals surface area contributed by atoms with Crippen molar-refractivity contribution in [2.24, 2.45) is 5.92 Å². The highest BCUT2D eigenvalue weighted by Gasteiger charge is 2.21. The first-order valence-electron chi connectivity index (χ1n) is 7.88. The molecule has 112 valence electrons. The van der Waals surface area contributed by atoms with Gasteiger partial charge in [0, 0.05) is 28.7 Å². The molecule has 2 aliphatic rings. The van der Waals surface area contributed by atoms with Crippen molar-refractivity contribution < 1.29 is 0 Å². The van der Waals surface area contributed by atoms with E-state index in [4.69, 9.17) is 0 Å². The van der Waals surface area contributed by atoms with Gasteiger partial charge in [-0.15, -0.1) is 11.8 Å². The highest BCUT2D eigenvalue weighted by Crippen LogP contribution is 2.34. The Morgan fingerprint density at radius 2 is 2.14 bits per heavy atom. The third-order valence-corrected chi connectivity index (χ3v) is 4.94. The van der Waals surface area contributed by atoms with E-state index in [2.05, 4.69) is 54.0 Å². The molecule has 3 heteroatoms. The molecule has 1 saturated carbocycles. The molecule has 2 aliphatic carbocycles. The highest BCUT2D eigenvalue weighted by atomic mass is 32.2. The van der Waals surface area contributed by atoms with Crippen molar-refractivity contribution in [2.75, 3.05) is 24.7 Å². The Hall–Kier alpha value is -1.19. The number of thioether (sulfide) groups is 1. The Labute approximate surface area is 132 Å². The molecular formula is C18H24N2S. The summed E-state index contributed by atoms with van der Waals surface area (Å²) in [6, 6.07) is 7.18. The average molecular weight is 300 g/mol. The van der Waals surface area contributed by atoms with Crippen LogP contribution in [0.25, 0.3) is 5.57 Å². The van der Waals surface area contributed by atoms with Gasteiger partial charge in [-0.25, -0.2) is 0 Å². The van der Waals surface area contributed by atoms with E-state index in [1.807, 2.05) is 18.8 Å². The summed E-state index contributed by atoms with van der Waals surface area (Å²) in [5.41, 5.74) is 3.93. The van der Waals surface area contributed by atoms with Gasteiger partial charge in [0.2, 0.25) is 0 Å². The van der Waals surface area contributed by atoms with E-state index in [0.29, 0.717) is 6.04 Å². The van der Waals surface area contributed by atoms with Crippen LogP contribution in [0.2, 0.25) is 0 Å². The van der Waals surface area contributed by atoms with Gasteiger partial charge < -0.3 is 10.6 Å². The second kappa shape index (κ2) is 6.71. The number of nitrogens with one attached hydrogen (secondary N) is 2. The summed E-state index contributed by atoms with van der Waals surface area (Å²) in [6.07, 6.45) is 9.53. The average Bonchev–Trinajstić information content (AvgIpc) is 3.21. The number of rotatable bonds is 7. The van der Waals surface area contributed by atoms with Crippen molar-refractivity contribution in [1.29, 1.82) is 0 Å². The molecule has 1 fully saturated rings. The second-order valence-corrected chi connectivity index (χ2v) is 7.10. The van der Waals surface area contributed by atoms with Crippen LogP contribution in [-0.4, -0.2) is 25.4 Å². The molecule has 1 unspecified atom stereocenters. The molecule has 21 heavy (non-hydrogen) atoms. The SMILES string of the molecule is CCSc1ccc(NCC2CC2)c(C2=CC(NC)C=C2)c1. The second-order valence-electron chi connectivity index (χ2n) is 5.76. The topological polar surface area (TPSA) is 24.1 Å². The first-order chi connectivity index (χ1) is 10.3. The lowest BCUT2D eigenvalue weighted by Crippen LogP contribution is -2.17. The fourth-order valence-electron chi connectivity index (χ4n) is 2.62. The van der Waals surface area contributed by atoms with Crippen molar-refractivity contribution in [3.8, 4) is 0 Å². The minimum Gasteiger partial charge on any atom is -0.384 e. The third-order valence-electron chi connectivity index (χ3n) is 4.07. The minimum atomic E-state index is 0.360. The maximum Gasteiger partial charge on any atom is 0.0445 e. The number of hydrogen-bond acceptors (Lipinski definition) is 3. The van der Waals surface area contributed by atoms with E-state index in [-0.39, 0.29) is 0 Å². The van der Waals surface area contributed by atoms with Gasteiger partial charge >= 0.3 is 0 Å². The molecule has 2 N–H and O–H groups in total. The van der Waals surface area contributed by atoms with Crippen LogP contribution in [0.1, 0.15) is 25.3 Å². The zero-order valence-corrected chi connectivity index (χ0v) is 13.7. The van der Waals surface area contributed by atoms with Gasteiger partial charge in [-0.2, -0.15) is 0 Å². The molecule has 0 saturated heterocycles. The van der Waals surface area contributed by atoms with Crippen LogP contribution in [0.15, 0.2) is 41.3 Å². The predicted octanol–water partition coefficient (Wildman–Crippen LogP) is 4.16. The van der Waals surface area contributed by atoms with Crippen LogP contribution in [0.5, 0.6) is 0 Å². The standard InChI is InChI=1S/C18H24N2S/c1-3-21-16-8-9-18(20-12-13-4-5-13)17(11-16)14-6-7-15(10-14)19-2/h6-11,13,15,19-20H,3-5,12H2,1-2H3. The van der Waals surface area contributed by atoms with Crippen molar-refractivity contribution in [2.45, 2.75) is 30.7 Å². The molecule has 3 rings (SSSR count). The molecule has 0 radical (unpaired) electrons. The maximum absolute atomic E-state index is 3.65. The smallest absolute Gasteiger partial charge is 0.0445 e. The van der Waals surface area contributed by atoms with Crippen LogP contribution >= 0.6 is 11.8 Å². The molecule has 0 bridgehead atoms. The van der Waals surface area contributed by atoms with Crippen LogP contribution in [0.4, 0.5) is 5.69 Å². The van der Waals surface area contributed by atoms with E-state index in [1.165, 1.54) is 34.6 Å². The zero-order chi connectivity index (χ0) is 14.7. The summed E-state index contributed by atoms with van der Waals surface area (Å²) >= 11 is 1.91. The van der Waals surface area contributed by atoms with Crippen molar-refractivity contribution in [3.63, 3.8) is 0 Å². The molecule has 1 aromatic carbocycles. The Balaban J connectivity index is 1.85. The lowest BCUT2D eigenvalue weighted by molar-refractivity contribution is 0.799. The van der Waals surface area contributed by atoms with Crippen molar-refractivity contribution in [1.82, 2.24) is 5.32 Å². The van der Waals surface area contributed by atoms with Gasteiger partial charge in [0.1, 0.15) is 0 Å². The number of likely N-dealkylation sites (N-methyl/N-ethyl adjacent to an activating group) is 1. The third kappa shape index (κ3) is 3.72. The van der Waals surface area contributed by atoms with Crippen LogP contribution in [-0.2, 0) is 0 Å². The lowest BCUT2D eigenvalue weighted by Gasteiger charge is -2.14. The fraction of sp³-hybridized carbons (Fsp3) is 0.444. The molecular weight excluding hydrogens is 276 g/mol. The van der Waals surface area contributed by atoms with E-state index in [0.717, 1.165) is 18.2 Å². The van der Waals surface area contributed by atoms with Gasteiger partial charge in [0.15, 0.2) is 0 Å². The quantitative estimate of drug-likeness (QED) is 0.739. The molecule has 0 amide bonds. The predicted molar refractivity (Wildman–Crippen MR) is 94.0 cm³/mol. The Morgan fingerprint density at radius 3 is 2.81 bits per heavy atom. The van der Waals surface area contributed by atoms with Gasteiger partial charge in [-0.1, -0.05) is 25.2 Å². The first kappa shape index (κ1) is 14.7. The van der Waals surface area contributed by atoms with Gasteiger partial charge in [0.25, 0.3) is 0 Å². The van der Waals surface area contributed by atoms with E-state index < -0.39 is 0 Å². The summed E-state index contributed by atoms with van der Waals surface area (Å²) in [7, 11) is 2.00. The molecule has 1 atom stereocenters. The normalized spacial score (nSPS) is 20.7. The monoisotopic (exact) mass is 300 g/mol. The molecule has 2 nitrogen and oxygen atoms in total. The largest absolute Gasteiger partial charge is 0.384 e. The summed E-state index contributed by atoms with van der Waals surface area (Å²) < 4.78 is 0.